The van der Waals surface area contributed by atoms with Crippen molar-refractivity contribution < 1.29 is 24.5 Å². The molecule has 52 heavy (non-hydrogen) atoms. The van der Waals surface area contributed by atoms with E-state index in [0.29, 0.717) is 5.92 Å². The second-order valence-corrected chi connectivity index (χ2v) is 19.4. The average Bonchev–Trinajstić information content (AvgIpc) is 3.54. The maximum Gasteiger partial charge on any atom is 0.121 e. The van der Waals surface area contributed by atoms with Crippen LogP contribution in [0.4, 0.5) is 0 Å². The summed E-state index contributed by atoms with van der Waals surface area (Å²) < 4.78 is 6.38. The van der Waals surface area contributed by atoms with Gasteiger partial charge < -0.3 is 14.4 Å². The van der Waals surface area contributed by atoms with Crippen LogP contribution in [0.1, 0.15) is 30.9 Å². The molecule has 0 aliphatic heterocycles. The van der Waals surface area contributed by atoms with Gasteiger partial charge in [-0.1, -0.05) is 135 Å². The summed E-state index contributed by atoms with van der Waals surface area (Å²) in [7, 11) is -1.34. The fourth-order valence-electron chi connectivity index (χ4n) is 6.63. The Balaban J connectivity index is 0.000000200. The first-order chi connectivity index (χ1) is 24.7. The molecule has 1 radical (unpaired) electrons. The summed E-state index contributed by atoms with van der Waals surface area (Å²) >= 11 is 0. The normalized spacial score (nSPS) is 11.3. The van der Waals surface area contributed by atoms with Crippen LogP contribution in [0.15, 0.2) is 144 Å². The Kier molecular flexibility index (Phi) is 11.2. The molecule has 261 valence electrons. The smallest absolute Gasteiger partial charge is 0.121 e. The van der Waals surface area contributed by atoms with E-state index < -0.39 is 8.07 Å². The van der Waals surface area contributed by atoms with Gasteiger partial charge in [0.15, 0.2) is 0 Å². The minimum atomic E-state index is -1.34. The Morgan fingerprint density at radius 1 is 0.635 bits per heavy atom. The third kappa shape index (κ3) is 7.78. The molecule has 0 unspecified atom stereocenters. The van der Waals surface area contributed by atoms with Gasteiger partial charge in [-0.3, -0.25) is 0 Å². The molecule has 8 rings (SSSR count). The van der Waals surface area contributed by atoms with E-state index in [4.69, 9.17) is 9.40 Å². The largest absolute Gasteiger partial charge is 0.501 e. The van der Waals surface area contributed by atoms with E-state index in [9.17, 15) is 0 Å². The van der Waals surface area contributed by atoms with Gasteiger partial charge in [0.2, 0.25) is 0 Å². The van der Waals surface area contributed by atoms with E-state index in [1.54, 1.807) is 0 Å². The Labute approximate surface area is 322 Å². The van der Waals surface area contributed by atoms with E-state index in [1.807, 2.05) is 42.6 Å². The number of aromatic nitrogens is 2. The number of fused-ring (bicyclic) bond motifs is 3. The van der Waals surface area contributed by atoms with E-state index >= 15 is 0 Å². The van der Waals surface area contributed by atoms with Gasteiger partial charge in [0.25, 0.3) is 0 Å². The number of rotatable bonds is 6. The van der Waals surface area contributed by atoms with Crippen molar-refractivity contribution in [3.8, 4) is 44.8 Å². The van der Waals surface area contributed by atoms with Crippen molar-refractivity contribution in [1.29, 1.82) is 0 Å². The molecule has 0 aliphatic rings. The maximum atomic E-state index is 6.38. The van der Waals surface area contributed by atoms with Gasteiger partial charge in [-0.05, 0) is 57.7 Å². The monoisotopic (exact) mass is 871 g/mol. The Bertz CT molecular complexity index is 2430. The number of aryl methyl sites for hydroxylation is 1. The Hall–Kier alpha value is -4.93. The molecular formula is C47H42IrN2OSi-2. The number of nitrogens with zero attached hydrogens (tertiary/aromatic N) is 2. The first kappa shape index (κ1) is 36.8. The topological polar surface area (TPSA) is 38.9 Å². The van der Waals surface area contributed by atoms with Gasteiger partial charge in [-0.15, -0.1) is 54.1 Å². The van der Waals surface area contributed by atoms with Gasteiger partial charge in [-0.25, -0.2) is 0 Å². The van der Waals surface area contributed by atoms with E-state index in [2.05, 4.69) is 155 Å². The van der Waals surface area contributed by atoms with Crippen molar-refractivity contribution in [2.45, 2.75) is 46.3 Å². The molecule has 0 fully saturated rings. The van der Waals surface area contributed by atoms with Crippen LogP contribution in [0, 0.1) is 19.1 Å². The van der Waals surface area contributed by atoms with Crippen LogP contribution in [-0.2, 0) is 20.1 Å². The molecule has 3 nitrogen and oxygen atoms in total. The summed E-state index contributed by atoms with van der Waals surface area (Å²) in [4.78, 5) is 9.44. The molecular weight excluding hydrogens is 829 g/mol. The van der Waals surface area contributed by atoms with Crippen LogP contribution >= 0.6 is 0 Å². The summed E-state index contributed by atoms with van der Waals surface area (Å²) in [5, 5.41) is 3.66. The second-order valence-electron chi connectivity index (χ2n) is 14.4. The van der Waals surface area contributed by atoms with E-state index in [0.717, 1.165) is 55.6 Å². The molecule has 5 aromatic carbocycles. The van der Waals surface area contributed by atoms with Gasteiger partial charge in [-0.2, -0.15) is 0 Å². The molecule has 8 aromatic rings. The molecule has 0 amide bonds. The predicted octanol–water partition coefficient (Wildman–Crippen LogP) is 12.3. The average molecular weight is 871 g/mol. The summed E-state index contributed by atoms with van der Waals surface area (Å²) in [6, 6.07) is 50.2. The van der Waals surface area contributed by atoms with Crippen LogP contribution in [0.25, 0.3) is 66.7 Å². The zero-order valence-electron chi connectivity index (χ0n) is 30.5. The van der Waals surface area contributed by atoms with Crippen molar-refractivity contribution in [1.82, 2.24) is 9.97 Å². The fourth-order valence-corrected chi connectivity index (χ4v) is 8.31. The van der Waals surface area contributed by atoms with Crippen LogP contribution < -0.4 is 5.19 Å². The quantitative estimate of drug-likeness (QED) is 0.123. The minimum absolute atomic E-state index is 0. The van der Waals surface area contributed by atoms with Gasteiger partial charge in [0.1, 0.15) is 5.58 Å². The molecule has 0 bridgehead atoms. The van der Waals surface area contributed by atoms with Crippen LogP contribution in [0.2, 0.25) is 19.6 Å². The zero-order chi connectivity index (χ0) is 35.5. The van der Waals surface area contributed by atoms with Crippen LogP contribution in [0.3, 0.4) is 0 Å². The summed E-state index contributed by atoms with van der Waals surface area (Å²) in [6.45, 7) is 13.8. The second kappa shape index (κ2) is 15.8. The van der Waals surface area contributed by atoms with Gasteiger partial charge in [0.05, 0.1) is 13.7 Å². The van der Waals surface area contributed by atoms with Gasteiger partial charge >= 0.3 is 0 Å². The molecule has 3 aromatic heterocycles. The zero-order valence-corrected chi connectivity index (χ0v) is 33.9. The first-order valence-electron chi connectivity index (χ1n) is 17.6. The number of furan rings is 1. The number of benzene rings is 5. The molecule has 0 atom stereocenters. The molecule has 3 heterocycles. The SMILES string of the molecule is CC(C)c1cc(-c2[c-]cccc2)ncc1[Si](C)(C)C.Cc1cc(-c2[c-]ccc3c2oc2cc(-c4ccccc4)ccc23)ncc1-c1ccccc1.[Ir]. The Morgan fingerprint density at radius 2 is 1.33 bits per heavy atom. The molecule has 0 saturated heterocycles. The number of hydrogen-bond acceptors (Lipinski definition) is 3. The van der Waals surface area contributed by atoms with Crippen molar-refractivity contribution in [2.75, 3.05) is 0 Å². The minimum Gasteiger partial charge on any atom is -0.501 e. The van der Waals surface area contributed by atoms with Crippen LogP contribution in [0.5, 0.6) is 0 Å². The molecule has 0 N–H and O–H groups in total. The number of hydrogen-bond donors (Lipinski definition) is 0. The third-order valence-corrected chi connectivity index (χ3v) is 11.4. The molecule has 5 heteroatoms. The van der Waals surface area contributed by atoms with E-state index in [-0.39, 0.29) is 20.1 Å². The van der Waals surface area contributed by atoms with Crippen molar-refractivity contribution >= 4 is 35.2 Å². The van der Waals surface area contributed by atoms with Crippen molar-refractivity contribution in [3.63, 3.8) is 0 Å². The van der Waals surface area contributed by atoms with Crippen LogP contribution in [-0.4, -0.2) is 18.0 Å². The van der Waals surface area contributed by atoms with Gasteiger partial charge in [0, 0.05) is 43.4 Å². The molecule has 0 saturated carbocycles. The van der Waals surface area contributed by atoms with E-state index in [1.165, 1.54) is 27.4 Å². The standard InChI is InChI=1S/C30H20NO.C17H22NSi.Ir/c1-20-17-28(31-19-27(20)22-11-6-3-7-12-22)26-14-8-13-25-24-16-15-23(18-29(24)32-30(25)26)21-9-4-2-5-10-21;1-13(2)15-11-16(14-9-7-6-8-10-14)18-12-17(15)19(3,4)5;/h2-13,15-19H,1H3;6-9,11-13H,1-5H3;/q2*-1;. The third-order valence-electron chi connectivity index (χ3n) is 9.34. The summed E-state index contributed by atoms with van der Waals surface area (Å²) in [6.07, 6.45) is 4.04. The summed E-state index contributed by atoms with van der Waals surface area (Å²) in [5.41, 5.74) is 12.8. The molecule has 0 aliphatic carbocycles. The maximum absolute atomic E-state index is 6.38. The number of pyridine rings is 2. The van der Waals surface area contributed by atoms with Crippen molar-refractivity contribution in [2.24, 2.45) is 0 Å². The summed E-state index contributed by atoms with van der Waals surface area (Å²) in [5.74, 6) is 0.534. The Morgan fingerprint density at radius 3 is 1.98 bits per heavy atom. The predicted molar refractivity (Wildman–Crippen MR) is 217 cm³/mol. The first-order valence-corrected chi connectivity index (χ1v) is 21.1. The molecule has 0 spiro atoms. The fraction of sp³-hybridized carbons (Fsp3) is 0.149. The van der Waals surface area contributed by atoms with Crippen molar-refractivity contribution in [3.05, 3.63) is 163 Å².